The molecular formula is C52H74N2O14. The third-order valence-electron chi connectivity index (χ3n) is 11.1. The number of nitrogens with zero attached hydrogens (tertiary/aromatic N) is 2. The predicted molar refractivity (Wildman–Crippen MR) is 260 cm³/mol. The van der Waals surface area contributed by atoms with Crippen molar-refractivity contribution in [2.24, 2.45) is 0 Å². The lowest BCUT2D eigenvalue weighted by molar-refractivity contribution is -0.165. The van der Waals surface area contributed by atoms with Crippen molar-refractivity contribution in [1.82, 2.24) is 9.80 Å². The van der Waals surface area contributed by atoms with Gasteiger partial charge in [0, 0.05) is 47.1 Å². The maximum atomic E-state index is 10.4. The normalized spacial score (nSPS) is 13.8. The largest absolute Gasteiger partial charge is 0.508 e. The highest BCUT2D eigenvalue weighted by molar-refractivity contribution is 5.83. The highest BCUT2D eigenvalue weighted by Crippen LogP contribution is 2.36. The van der Waals surface area contributed by atoms with Crippen LogP contribution in [0.25, 0.3) is 0 Å². The Balaban J connectivity index is 0.000000492. The van der Waals surface area contributed by atoms with E-state index in [0.717, 1.165) is 37.1 Å². The van der Waals surface area contributed by atoms with E-state index in [4.69, 9.17) is 40.9 Å². The molecule has 68 heavy (non-hydrogen) atoms. The fraction of sp³-hybridized carbons (Fsp3) is 0.462. The number of hydrogen-bond acceptors (Lipinski definition) is 12. The number of phenolic OH excluding ortho intramolecular Hbond substituents is 2. The fourth-order valence-corrected chi connectivity index (χ4v) is 7.60. The van der Waals surface area contributed by atoms with E-state index in [2.05, 4.69) is 140 Å². The summed E-state index contributed by atoms with van der Waals surface area (Å²) in [6, 6.07) is 35.0. The van der Waals surface area contributed by atoms with Crippen molar-refractivity contribution in [1.29, 1.82) is 0 Å². The molecule has 0 bridgehead atoms. The van der Waals surface area contributed by atoms with E-state index in [1.165, 1.54) is 22.3 Å². The predicted octanol–water partition coefficient (Wildman–Crippen LogP) is 6.44. The number of carboxylic acids is 4. The SMILES string of the molecule is Cc1ccc(O)c([C@H](CCN(C(C)C)C(C)C)c2ccccc2)c1.Cc1ccc(O)c([C@H](CCN(C(C)C)C(C)C)c2ccccc2)c1.O=C(O)C(O)C(O)C(=O)O.O=C(O)C(O)C(O)C(=O)O. The molecule has 16 nitrogen and oxygen atoms in total. The van der Waals surface area contributed by atoms with Crippen LogP contribution in [0.4, 0.5) is 0 Å². The molecule has 4 aromatic rings. The zero-order chi connectivity index (χ0) is 52.0. The summed E-state index contributed by atoms with van der Waals surface area (Å²) in [6.07, 6.45) is -7.07. The monoisotopic (exact) mass is 951 g/mol. The fourth-order valence-electron chi connectivity index (χ4n) is 7.60. The average Bonchev–Trinajstić information content (AvgIpc) is 3.28. The third kappa shape index (κ3) is 20.1. The number of hydrogen-bond donors (Lipinski definition) is 10. The molecule has 0 fully saturated rings. The Hall–Kier alpha value is -5.88. The first-order chi connectivity index (χ1) is 31.7. The quantitative estimate of drug-likeness (QED) is 0.0457. The lowest BCUT2D eigenvalue weighted by Crippen LogP contribution is -2.39. The summed E-state index contributed by atoms with van der Waals surface area (Å²) in [5.41, 5.74) is 6.99. The molecule has 0 aliphatic carbocycles. The van der Waals surface area contributed by atoms with Crippen LogP contribution in [0.15, 0.2) is 97.1 Å². The highest BCUT2D eigenvalue weighted by Gasteiger charge is 2.30. The minimum absolute atomic E-state index is 0.214. The van der Waals surface area contributed by atoms with Gasteiger partial charge in [0.25, 0.3) is 0 Å². The summed E-state index contributed by atoms with van der Waals surface area (Å²) in [7, 11) is 0. The number of carboxylic acid groups (broad SMARTS) is 4. The van der Waals surface area contributed by atoms with Crippen LogP contribution in [0.3, 0.4) is 0 Å². The minimum atomic E-state index is -2.27. The van der Waals surface area contributed by atoms with Gasteiger partial charge < -0.3 is 51.1 Å². The zero-order valence-electron chi connectivity index (χ0n) is 40.8. The number of aliphatic hydroxyl groups is 4. The second-order valence-electron chi connectivity index (χ2n) is 17.6. The molecule has 0 saturated heterocycles. The molecular weight excluding hydrogens is 877 g/mol. The van der Waals surface area contributed by atoms with Gasteiger partial charge in [-0.1, -0.05) is 96.1 Å². The van der Waals surface area contributed by atoms with Crippen LogP contribution in [0, 0.1) is 13.8 Å². The number of rotatable bonds is 20. The van der Waals surface area contributed by atoms with Crippen LogP contribution in [0.1, 0.15) is 113 Å². The molecule has 4 aromatic carbocycles. The summed E-state index contributed by atoms with van der Waals surface area (Å²) in [5, 5.41) is 85.9. The van der Waals surface area contributed by atoms with Gasteiger partial charge in [0.1, 0.15) is 11.5 Å². The second-order valence-corrected chi connectivity index (χ2v) is 17.6. The average molecular weight is 951 g/mol. The smallest absolute Gasteiger partial charge is 0.335 e. The highest BCUT2D eigenvalue weighted by atomic mass is 16.4. The summed E-state index contributed by atoms with van der Waals surface area (Å²) < 4.78 is 0. The van der Waals surface area contributed by atoms with E-state index in [0.29, 0.717) is 35.7 Å². The summed E-state index contributed by atoms with van der Waals surface area (Å²) >= 11 is 0. The van der Waals surface area contributed by atoms with Crippen molar-refractivity contribution < 1.29 is 70.2 Å². The van der Waals surface area contributed by atoms with Gasteiger partial charge in [-0.2, -0.15) is 0 Å². The van der Waals surface area contributed by atoms with Crippen molar-refractivity contribution >= 4 is 23.9 Å². The maximum Gasteiger partial charge on any atom is 0.335 e. The number of benzene rings is 4. The Morgan fingerprint density at radius 1 is 0.426 bits per heavy atom. The topological polar surface area (TPSA) is 277 Å². The van der Waals surface area contributed by atoms with Gasteiger partial charge in [0.15, 0.2) is 24.4 Å². The molecule has 0 heterocycles. The minimum Gasteiger partial charge on any atom is -0.508 e. The Labute approximate surface area is 400 Å². The van der Waals surface area contributed by atoms with Crippen LogP contribution in [-0.4, -0.2) is 146 Å². The van der Waals surface area contributed by atoms with Crippen LogP contribution in [0.2, 0.25) is 0 Å². The van der Waals surface area contributed by atoms with E-state index in [-0.39, 0.29) is 11.8 Å². The molecule has 0 aliphatic heterocycles. The van der Waals surface area contributed by atoms with Crippen molar-refractivity contribution in [3.63, 3.8) is 0 Å². The zero-order valence-corrected chi connectivity index (χ0v) is 40.8. The number of aryl methyl sites for hydroxylation is 2. The first-order valence-electron chi connectivity index (χ1n) is 22.6. The lowest BCUT2D eigenvalue weighted by atomic mass is 9.87. The van der Waals surface area contributed by atoms with Gasteiger partial charge in [-0.15, -0.1) is 0 Å². The van der Waals surface area contributed by atoms with E-state index in [9.17, 15) is 29.4 Å². The summed E-state index contributed by atoms with van der Waals surface area (Å²) in [5.74, 6) is -5.85. The first-order valence-corrected chi connectivity index (χ1v) is 22.6. The molecule has 0 radical (unpaired) electrons. The number of aliphatic hydroxyl groups excluding tert-OH is 4. The molecule has 4 rings (SSSR count). The van der Waals surface area contributed by atoms with Crippen molar-refractivity contribution in [2.75, 3.05) is 13.1 Å². The van der Waals surface area contributed by atoms with Crippen molar-refractivity contribution in [3.8, 4) is 11.5 Å². The molecule has 0 spiro atoms. The number of aromatic hydroxyl groups is 2. The van der Waals surface area contributed by atoms with E-state index < -0.39 is 48.3 Å². The molecule has 0 saturated carbocycles. The standard InChI is InChI=1S/2C22H31NO.2C4H6O6/c2*1-16(2)23(17(3)4)14-13-20(19-9-7-6-8-10-19)21-15-18(5)11-12-22(21)24;2*5-1(3(7)8)2(6)4(9)10/h2*6-12,15-17,20,24H,13-14H2,1-5H3;2*1-2,5-6H,(H,7,8)(H,9,10)/t2*20-;;/m11../s1. The van der Waals surface area contributed by atoms with Gasteiger partial charge >= 0.3 is 23.9 Å². The Bertz CT molecular complexity index is 1930. The van der Waals surface area contributed by atoms with E-state index in [1.807, 2.05) is 36.4 Å². The number of phenols is 2. The molecule has 6 atom stereocenters. The van der Waals surface area contributed by atoms with Crippen LogP contribution in [0.5, 0.6) is 11.5 Å². The number of aliphatic carboxylic acids is 4. The molecule has 0 aliphatic rings. The Morgan fingerprint density at radius 2 is 0.676 bits per heavy atom. The van der Waals surface area contributed by atoms with Gasteiger partial charge in [-0.25, -0.2) is 19.2 Å². The second kappa shape index (κ2) is 29.8. The molecule has 0 amide bonds. The third-order valence-corrected chi connectivity index (χ3v) is 11.1. The molecule has 10 N–H and O–H groups in total. The van der Waals surface area contributed by atoms with Crippen LogP contribution >= 0.6 is 0 Å². The Kier molecular flexibility index (Phi) is 26.3. The number of carbonyl (C=O) groups is 4. The van der Waals surface area contributed by atoms with Gasteiger partial charge in [-0.3, -0.25) is 9.80 Å². The van der Waals surface area contributed by atoms with Crippen LogP contribution < -0.4 is 0 Å². The Morgan fingerprint density at radius 3 is 0.897 bits per heavy atom. The van der Waals surface area contributed by atoms with Gasteiger partial charge in [0.05, 0.1) is 0 Å². The summed E-state index contributed by atoms with van der Waals surface area (Å²) in [6.45, 7) is 24.2. The van der Waals surface area contributed by atoms with Crippen molar-refractivity contribution in [3.05, 3.63) is 130 Å². The van der Waals surface area contributed by atoms with Crippen LogP contribution in [-0.2, 0) is 19.2 Å². The van der Waals surface area contributed by atoms with E-state index in [1.54, 1.807) is 0 Å². The molecule has 376 valence electrons. The summed E-state index contributed by atoms with van der Waals surface area (Å²) in [4.78, 5) is 44.1. The van der Waals surface area contributed by atoms with Gasteiger partial charge in [0.2, 0.25) is 0 Å². The van der Waals surface area contributed by atoms with Crippen molar-refractivity contribution in [2.45, 2.75) is 142 Å². The maximum absolute atomic E-state index is 10.4. The molecule has 4 unspecified atom stereocenters. The van der Waals surface area contributed by atoms with E-state index >= 15 is 0 Å². The first kappa shape index (κ1) is 60.1. The molecule has 16 heteroatoms. The lowest BCUT2D eigenvalue weighted by Gasteiger charge is -2.32. The van der Waals surface area contributed by atoms with Gasteiger partial charge in [-0.05, 0) is 118 Å². The molecule has 0 aromatic heterocycles.